The van der Waals surface area contributed by atoms with E-state index in [0.717, 1.165) is 30.0 Å². The number of nitrogens with zero attached hydrogens (tertiary/aromatic N) is 2. The van der Waals surface area contributed by atoms with Crippen molar-refractivity contribution in [2.75, 3.05) is 23.7 Å². The van der Waals surface area contributed by atoms with Gasteiger partial charge < -0.3 is 22.1 Å². The van der Waals surface area contributed by atoms with Crippen LogP contribution < -0.4 is 21.9 Å². The zero-order valence-electron chi connectivity index (χ0n) is 16.7. The molecule has 4 rings (SSSR count). The molecule has 2 aliphatic rings. The predicted octanol–water partition coefficient (Wildman–Crippen LogP) is 1.51. The minimum absolute atomic E-state index is 0. The van der Waals surface area contributed by atoms with Crippen molar-refractivity contribution in [1.29, 1.82) is 0 Å². The van der Waals surface area contributed by atoms with Crippen molar-refractivity contribution in [3.8, 4) is 0 Å². The van der Waals surface area contributed by atoms with Crippen LogP contribution in [-0.2, 0) is 12.1 Å². The number of aliphatic hydroxyl groups is 1. The van der Waals surface area contributed by atoms with E-state index in [4.69, 9.17) is 0 Å². The first kappa shape index (κ1) is 21.4. The van der Waals surface area contributed by atoms with E-state index in [1.165, 1.54) is 35.6 Å². The van der Waals surface area contributed by atoms with Crippen molar-refractivity contribution < 1.29 is 26.7 Å². The molecule has 2 aromatic carbocycles. The molecule has 2 aromatic rings. The zero-order valence-corrected chi connectivity index (χ0v) is 19.1. The van der Waals surface area contributed by atoms with E-state index in [1.54, 1.807) is 0 Å². The van der Waals surface area contributed by atoms with E-state index in [0.29, 0.717) is 6.54 Å². The van der Waals surface area contributed by atoms with Gasteiger partial charge in [0, 0.05) is 11.3 Å². The molecule has 3 nitrogen and oxygen atoms in total. The Morgan fingerprint density at radius 2 is 1.82 bits per heavy atom. The van der Waals surface area contributed by atoms with E-state index in [-0.39, 0.29) is 17.0 Å². The molecule has 5 heteroatoms. The SMILES string of the molecule is CCCCc1ccc(N2C3=[N+](CCCS3)CC2(O)c2ccc(C)cc2)cc1.[Br-]. The summed E-state index contributed by atoms with van der Waals surface area (Å²) in [6, 6.07) is 17.1. The summed E-state index contributed by atoms with van der Waals surface area (Å²) >= 11 is 1.86. The molecule has 1 N–H and O–H groups in total. The Kier molecular flexibility index (Phi) is 6.89. The summed E-state index contributed by atoms with van der Waals surface area (Å²) in [4.78, 5) is 2.16. The quantitative estimate of drug-likeness (QED) is 0.684. The minimum atomic E-state index is -1.02. The van der Waals surface area contributed by atoms with Crippen LogP contribution in [0.5, 0.6) is 0 Å². The number of hydrogen-bond acceptors (Lipinski definition) is 3. The van der Waals surface area contributed by atoms with Crippen LogP contribution in [0.3, 0.4) is 0 Å². The van der Waals surface area contributed by atoms with Gasteiger partial charge in [-0.1, -0.05) is 55.3 Å². The van der Waals surface area contributed by atoms with Crippen LogP contribution in [-0.4, -0.2) is 33.7 Å². The summed E-state index contributed by atoms with van der Waals surface area (Å²) in [5.41, 5.74) is 3.60. The van der Waals surface area contributed by atoms with Gasteiger partial charge in [-0.05, 0) is 55.6 Å². The molecule has 1 unspecified atom stereocenters. The summed E-state index contributed by atoms with van der Waals surface area (Å²) < 4.78 is 2.35. The molecule has 0 saturated heterocycles. The second-order valence-corrected chi connectivity index (χ2v) is 8.76. The Morgan fingerprint density at radius 1 is 1.11 bits per heavy atom. The second-order valence-electron chi connectivity index (χ2n) is 7.69. The molecule has 0 amide bonds. The number of benzene rings is 2. The average molecular weight is 461 g/mol. The molecule has 2 heterocycles. The molecule has 0 saturated carbocycles. The lowest BCUT2D eigenvalue weighted by Crippen LogP contribution is -3.00. The van der Waals surface area contributed by atoms with Gasteiger partial charge in [0.25, 0.3) is 5.72 Å². The first-order chi connectivity index (χ1) is 13.1. The van der Waals surface area contributed by atoms with E-state index >= 15 is 0 Å². The summed E-state index contributed by atoms with van der Waals surface area (Å²) in [6.07, 6.45) is 4.72. The fourth-order valence-electron chi connectivity index (χ4n) is 4.01. The Labute approximate surface area is 183 Å². The molecule has 0 radical (unpaired) electrons. The predicted molar refractivity (Wildman–Crippen MR) is 115 cm³/mol. The van der Waals surface area contributed by atoms with Gasteiger partial charge >= 0.3 is 5.17 Å². The third kappa shape index (κ3) is 4.03. The number of anilines is 1. The maximum absolute atomic E-state index is 11.9. The van der Waals surface area contributed by atoms with Crippen LogP contribution >= 0.6 is 11.8 Å². The van der Waals surface area contributed by atoms with E-state index in [1.807, 2.05) is 11.8 Å². The fourth-order valence-corrected chi connectivity index (χ4v) is 5.19. The van der Waals surface area contributed by atoms with Gasteiger partial charge in [0.05, 0.1) is 6.54 Å². The highest BCUT2D eigenvalue weighted by Crippen LogP contribution is 2.39. The standard InChI is InChI=1S/C23H29N2OS.BrH/c1-3-4-6-19-9-13-21(14-10-19)25-22-24(15-5-16-27-22)17-23(25,26)20-11-7-18(2)8-12-20;/h7-14,26H,3-6,15-17H2,1-2H3;1H/q+1;/p-1. The number of thioether (sulfide) groups is 1. The zero-order chi connectivity index (χ0) is 18.9. The van der Waals surface area contributed by atoms with Gasteiger partial charge in [0.1, 0.15) is 5.69 Å². The summed E-state index contributed by atoms with van der Waals surface area (Å²) in [6.45, 7) is 5.95. The first-order valence-electron chi connectivity index (χ1n) is 10.1. The van der Waals surface area contributed by atoms with E-state index in [9.17, 15) is 5.11 Å². The molecule has 1 atom stereocenters. The number of rotatable bonds is 5. The molecule has 28 heavy (non-hydrogen) atoms. The molecule has 0 fully saturated rings. The molecule has 0 aliphatic carbocycles. The summed E-state index contributed by atoms with van der Waals surface area (Å²) in [5, 5.41) is 13.0. The van der Waals surface area contributed by atoms with Crippen molar-refractivity contribution in [3.05, 3.63) is 65.2 Å². The fraction of sp³-hybridized carbons (Fsp3) is 0.435. The maximum Gasteiger partial charge on any atom is 0.316 e. The molecule has 0 spiro atoms. The normalized spacial score (nSPS) is 21.5. The molecule has 150 valence electrons. The molecule has 2 aliphatic heterocycles. The van der Waals surface area contributed by atoms with Gasteiger partial charge in [-0.15, -0.1) is 0 Å². The second kappa shape index (κ2) is 9.02. The average Bonchev–Trinajstić information content (AvgIpc) is 3.00. The van der Waals surface area contributed by atoms with Crippen LogP contribution in [0.15, 0.2) is 48.5 Å². The molecular formula is C23H29BrN2OS. The topological polar surface area (TPSA) is 26.5 Å². The van der Waals surface area contributed by atoms with Gasteiger partial charge in [-0.25, -0.2) is 4.58 Å². The number of amidine groups is 1. The largest absolute Gasteiger partial charge is 1.00 e. The van der Waals surface area contributed by atoms with E-state index in [2.05, 4.69) is 71.9 Å². The van der Waals surface area contributed by atoms with Crippen LogP contribution in [0, 0.1) is 6.92 Å². The summed E-state index contributed by atoms with van der Waals surface area (Å²) in [5.74, 6) is 1.11. The Hall–Kier alpha value is -1.30. The third-order valence-corrected chi connectivity index (χ3v) is 6.77. The number of aryl methyl sites for hydroxylation is 2. The van der Waals surface area contributed by atoms with Crippen LogP contribution in [0.1, 0.15) is 42.9 Å². The van der Waals surface area contributed by atoms with Gasteiger partial charge in [0.2, 0.25) is 0 Å². The highest BCUT2D eigenvalue weighted by atomic mass is 79.9. The lowest BCUT2D eigenvalue weighted by molar-refractivity contribution is -0.532. The highest BCUT2D eigenvalue weighted by molar-refractivity contribution is 8.14. The number of hydrogen-bond donors (Lipinski definition) is 1. The van der Waals surface area contributed by atoms with Crippen molar-refractivity contribution in [3.63, 3.8) is 0 Å². The lowest BCUT2D eigenvalue weighted by Gasteiger charge is -2.28. The minimum Gasteiger partial charge on any atom is -1.00 e. The van der Waals surface area contributed by atoms with Crippen molar-refractivity contribution in [1.82, 2.24) is 0 Å². The van der Waals surface area contributed by atoms with Gasteiger partial charge in [0.15, 0.2) is 6.54 Å². The molecule has 0 aromatic heterocycles. The van der Waals surface area contributed by atoms with Gasteiger partial charge in [-0.3, -0.25) is 0 Å². The number of unbranched alkanes of at least 4 members (excludes halogenated alkanes) is 1. The lowest BCUT2D eigenvalue weighted by atomic mass is 9.99. The van der Waals surface area contributed by atoms with Crippen LogP contribution in [0.4, 0.5) is 5.69 Å². The van der Waals surface area contributed by atoms with Crippen LogP contribution in [0.25, 0.3) is 0 Å². The smallest absolute Gasteiger partial charge is 0.316 e. The van der Waals surface area contributed by atoms with Crippen molar-refractivity contribution in [2.24, 2.45) is 0 Å². The third-order valence-electron chi connectivity index (χ3n) is 5.57. The first-order valence-corrected chi connectivity index (χ1v) is 11.0. The summed E-state index contributed by atoms with van der Waals surface area (Å²) in [7, 11) is 0. The Balaban J connectivity index is 0.00000225. The molecule has 0 bridgehead atoms. The highest BCUT2D eigenvalue weighted by Gasteiger charge is 2.55. The Bertz CT molecular complexity index is 835. The van der Waals surface area contributed by atoms with Gasteiger partial charge in [-0.2, -0.15) is 4.90 Å². The Morgan fingerprint density at radius 3 is 2.50 bits per heavy atom. The van der Waals surface area contributed by atoms with Crippen LogP contribution in [0.2, 0.25) is 0 Å². The van der Waals surface area contributed by atoms with Crippen molar-refractivity contribution >= 4 is 22.6 Å². The molecular weight excluding hydrogens is 432 g/mol. The maximum atomic E-state index is 11.9. The van der Waals surface area contributed by atoms with E-state index < -0.39 is 5.72 Å². The number of halogens is 1. The van der Waals surface area contributed by atoms with Crippen molar-refractivity contribution in [2.45, 2.75) is 45.3 Å². The monoisotopic (exact) mass is 460 g/mol.